The predicted octanol–water partition coefficient (Wildman–Crippen LogP) is 3.68. The molecule has 0 saturated carbocycles. The molecule has 4 aromatic rings. The summed E-state index contributed by atoms with van der Waals surface area (Å²) in [7, 11) is 0. The number of pyridine rings is 1. The summed E-state index contributed by atoms with van der Waals surface area (Å²) in [6.07, 6.45) is 1.71. The van der Waals surface area contributed by atoms with Gasteiger partial charge in [-0.3, -0.25) is 0 Å². The molecule has 0 aliphatic carbocycles. The van der Waals surface area contributed by atoms with Crippen molar-refractivity contribution in [2.75, 3.05) is 0 Å². The van der Waals surface area contributed by atoms with Gasteiger partial charge in [0.15, 0.2) is 5.52 Å². The van der Waals surface area contributed by atoms with E-state index < -0.39 is 0 Å². The molecule has 4 rings (SSSR count). The third-order valence-electron chi connectivity index (χ3n) is 2.54. The molecule has 0 atom stereocenters. The van der Waals surface area contributed by atoms with Crippen molar-refractivity contribution in [3.63, 3.8) is 0 Å². The van der Waals surface area contributed by atoms with Gasteiger partial charge in [0.05, 0.1) is 0 Å². The fraction of sp³-hybridized carbons (Fsp3) is 0. The first-order chi connectivity index (χ1) is 10.4. The zero-order chi connectivity index (χ0) is 14.8. The number of fused-ring (bicyclic) bond motifs is 1. The Morgan fingerprint density at radius 2 is 1.59 bits per heavy atom. The molecule has 0 spiro atoms. The van der Waals surface area contributed by atoms with Gasteiger partial charge >= 0.3 is 0 Å². The first-order valence-corrected chi connectivity index (χ1v) is 6.43. The summed E-state index contributed by atoms with van der Waals surface area (Å²) in [5.41, 5.74) is 0.773. The Morgan fingerprint density at radius 3 is 2.09 bits per heavy atom. The van der Waals surface area contributed by atoms with E-state index >= 15 is 0 Å². The zero-order valence-corrected chi connectivity index (χ0v) is 15.5. The van der Waals surface area contributed by atoms with Crippen LogP contribution in [0.25, 0.3) is 10.9 Å². The van der Waals surface area contributed by atoms with Crippen molar-refractivity contribution < 1.29 is 30.9 Å². The van der Waals surface area contributed by atoms with Crippen molar-refractivity contribution >= 4 is 10.9 Å². The maximum atomic E-state index is 7.50. The molecule has 0 aliphatic heterocycles. The van der Waals surface area contributed by atoms with Gasteiger partial charge in [-0.05, 0) is 6.07 Å². The average molecular weight is 451 g/mol. The number of nitrogens with zero attached hydrogens (tertiary/aromatic N) is 1. The number of rotatable bonds is 0. The van der Waals surface area contributed by atoms with Crippen LogP contribution in [0.2, 0.25) is 0 Å². The Balaban J connectivity index is 0.000000185. The Morgan fingerprint density at radius 1 is 0.909 bits per heavy atom. The molecule has 1 aromatic heterocycles. The molecular formula is C19H14HfNO-5. The zero-order valence-electron chi connectivity index (χ0n) is 11.9. The normalized spacial score (nSPS) is 8.73. The monoisotopic (exact) mass is 452 g/mol. The molecule has 0 fully saturated rings. The van der Waals surface area contributed by atoms with Crippen LogP contribution in [0.15, 0.2) is 72.9 Å². The first kappa shape index (κ1) is 18.1. The van der Waals surface area contributed by atoms with Gasteiger partial charge in [-0.2, -0.15) is 18.2 Å². The summed E-state index contributed by atoms with van der Waals surface area (Å²) < 4.78 is 0. The number of hydrogen-bond donors (Lipinski definition) is 0. The van der Waals surface area contributed by atoms with Crippen molar-refractivity contribution in [2.24, 2.45) is 0 Å². The van der Waals surface area contributed by atoms with Crippen LogP contribution in [0.1, 0.15) is 0 Å². The van der Waals surface area contributed by atoms with E-state index in [0.29, 0.717) is 5.75 Å². The van der Waals surface area contributed by atoms with Crippen molar-refractivity contribution in [1.82, 2.24) is 4.98 Å². The van der Waals surface area contributed by atoms with Gasteiger partial charge in [-0.15, -0.1) is 0 Å². The van der Waals surface area contributed by atoms with Crippen LogP contribution in [-0.2, 0) is 25.8 Å². The average Bonchev–Trinajstić information content (AvgIpc) is 3.26. The van der Waals surface area contributed by atoms with Crippen LogP contribution in [0.3, 0.4) is 0 Å². The van der Waals surface area contributed by atoms with Gasteiger partial charge in [-0.25, -0.2) is 17.1 Å². The van der Waals surface area contributed by atoms with Crippen LogP contribution in [-0.4, -0.2) is 10.1 Å². The SMILES string of the molecule is [Hf].[OH2+]c1cccc2cccnc12.[c-]1[c-][c-][cH-][c-]1.c1cc[cH-]c1. The number of para-hydroxylation sites is 1. The summed E-state index contributed by atoms with van der Waals surface area (Å²) in [5.74, 6) is 0.489. The van der Waals surface area contributed by atoms with Crippen molar-refractivity contribution in [3.8, 4) is 5.75 Å². The van der Waals surface area contributed by atoms with E-state index in [1.165, 1.54) is 0 Å². The molecule has 2 nitrogen and oxygen atoms in total. The Labute approximate surface area is 149 Å². The molecule has 0 aliphatic rings. The second-order valence-electron chi connectivity index (χ2n) is 4.03. The Hall–Kier alpha value is -2.00. The topological polar surface area (TPSA) is 35.8 Å². The molecule has 110 valence electrons. The quantitative estimate of drug-likeness (QED) is 0.229. The molecule has 0 saturated heterocycles. The predicted molar refractivity (Wildman–Crippen MR) is 84.2 cm³/mol. The number of benzene rings is 1. The van der Waals surface area contributed by atoms with Gasteiger partial charge in [0, 0.05) is 43.5 Å². The van der Waals surface area contributed by atoms with Crippen LogP contribution < -0.4 is 0 Å². The van der Waals surface area contributed by atoms with Crippen LogP contribution >= 0.6 is 0 Å². The molecule has 0 unspecified atom stereocenters. The molecule has 3 heteroatoms. The van der Waals surface area contributed by atoms with E-state index in [9.17, 15) is 0 Å². The molecule has 22 heavy (non-hydrogen) atoms. The molecule has 0 bridgehead atoms. The smallest absolute Gasteiger partial charge is 0.280 e. The first-order valence-electron chi connectivity index (χ1n) is 6.43. The fourth-order valence-corrected chi connectivity index (χ4v) is 1.61. The van der Waals surface area contributed by atoms with Crippen LogP contribution in [0, 0.1) is 24.3 Å². The van der Waals surface area contributed by atoms with Crippen LogP contribution in [0.4, 0.5) is 0 Å². The third-order valence-corrected chi connectivity index (χ3v) is 2.54. The second kappa shape index (κ2) is 10.7. The Kier molecular flexibility index (Phi) is 8.77. The van der Waals surface area contributed by atoms with E-state index in [1.54, 1.807) is 18.3 Å². The number of aromatic nitrogens is 1. The Bertz CT molecular complexity index is 652. The van der Waals surface area contributed by atoms with Gasteiger partial charge in [-0.1, -0.05) is 18.2 Å². The van der Waals surface area contributed by atoms with E-state index in [2.05, 4.69) is 29.2 Å². The minimum absolute atomic E-state index is 0. The third kappa shape index (κ3) is 6.19. The summed E-state index contributed by atoms with van der Waals surface area (Å²) in [6.45, 7) is 0. The largest absolute Gasteiger partial charge is 0.999 e. The van der Waals surface area contributed by atoms with Gasteiger partial charge in [0.25, 0.3) is 5.75 Å². The van der Waals surface area contributed by atoms with E-state index in [4.69, 9.17) is 5.11 Å². The minimum atomic E-state index is 0. The summed E-state index contributed by atoms with van der Waals surface area (Å²) in [6, 6.07) is 31.4. The molecule has 1 heterocycles. The van der Waals surface area contributed by atoms with Crippen molar-refractivity contribution in [3.05, 3.63) is 97.2 Å². The molecule has 0 radical (unpaired) electrons. The van der Waals surface area contributed by atoms with Gasteiger partial charge < -0.3 is 35.4 Å². The maximum Gasteiger partial charge on any atom is 0.280 e. The molecular weight excluding hydrogens is 437 g/mol. The standard InChI is InChI=1S/C9H7NO.C5H5.C5H.Hf/c11-8-5-1-3-7-4-2-6-10-9(7)8;2*1-2-4-5-3-1;/h1-6,11H;1-5H;1H;/q;-1;-5;/p+1. The summed E-state index contributed by atoms with van der Waals surface area (Å²) in [5, 5.41) is 8.53. The van der Waals surface area contributed by atoms with Crippen molar-refractivity contribution in [2.45, 2.75) is 0 Å². The van der Waals surface area contributed by atoms with E-state index in [-0.39, 0.29) is 25.8 Å². The second-order valence-corrected chi connectivity index (χ2v) is 4.03. The molecule has 2 N–H and O–H groups in total. The van der Waals surface area contributed by atoms with Crippen molar-refractivity contribution in [1.29, 1.82) is 0 Å². The summed E-state index contributed by atoms with van der Waals surface area (Å²) in [4.78, 5) is 4.09. The van der Waals surface area contributed by atoms with Gasteiger partial charge in [0.2, 0.25) is 0 Å². The minimum Gasteiger partial charge on any atom is -0.999 e. The van der Waals surface area contributed by atoms with E-state index in [1.807, 2.05) is 54.6 Å². The van der Waals surface area contributed by atoms with E-state index in [0.717, 1.165) is 10.9 Å². The molecule has 3 aromatic carbocycles. The van der Waals surface area contributed by atoms with Gasteiger partial charge in [0.1, 0.15) is 0 Å². The number of hydrogen-bond acceptors (Lipinski definition) is 1. The molecule has 0 amide bonds. The maximum absolute atomic E-state index is 7.50. The summed E-state index contributed by atoms with van der Waals surface area (Å²) >= 11 is 0. The van der Waals surface area contributed by atoms with Crippen LogP contribution in [0.5, 0.6) is 5.75 Å². The fourth-order valence-electron chi connectivity index (χ4n) is 1.61.